The standard InChI is InChI=1S/C20H20FN3O3/c1-26-15-6-4-5-14(13-15)11-12-22-18(25)9-10-19-23-20(24-27-19)16-7-2-3-8-17(16)21/h2-8,13H,9-12H2,1H3,(H,22,25). The summed E-state index contributed by atoms with van der Waals surface area (Å²) in [5, 5.41) is 6.63. The van der Waals surface area contributed by atoms with Gasteiger partial charge in [-0.15, -0.1) is 0 Å². The number of nitrogens with one attached hydrogen (secondary N) is 1. The summed E-state index contributed by atoms with van der Waals surface area (Å²) in [6.45, 7) is 0.524. The second-order valence-corrected chi connectivity index (χ2v) is 5.94. The summed E-state index contributed by atoms with van der Waals surface area (Å²) < 4.78 is 24.0. The molecule has 0 aliphatic rings. The molecule has 0 radical (unpaired) electrons. The van der Waals surface area contributed by atoms with E-state index in [9.17, 15) is 9.18 Å². The van der Waals surface area contributed by atoms with Crippen molar-refractivity contribution >= 4 is 5.91 Å². The zero-order valence-corrected chi connectivity index (χ0v) is 14.9. The monoisotopic (exact) mass is 369 g/mol. The van der Waals surface area contributed by atoms with Gasteiger partial charge in [0.2, 0.25) is 17.6 Å². The summed E-state index contributed by atoms with van der Waals surface area (Å²) in [5.41, 5.74) is 1.36. The highest BCUT2D eigenvalue weighted by Gasteiger charge is 2.13. The lowest BCUT2D eigenvalue weighted by Crippen LogP contribution is -2.25. The third kappa shape index (κ3) is 5.13. The van der Waals surface area contributed by atoms with Crippen molar-refractivity contribution in [2.24, 2.45) is 0 Å². The van der Waals surface area contributed by atoms with Crippen LogP contribution < -0.4 is 10.1 Å². The molecule has 0 atom stereocenters. The fraction of sp³-hybridized carbons (Fsp3) is 0.250. The Morgan fingerprint density at radius 2 is 2.04 bits per heavy atom. The number of rotatable bonds is 8. The van der Waals surface area contributed by atoms with Crippen molar-refractivity contribution in [3.63, 3.8) is 0 Å². The first-order valence-electron chi connectivity index (χ1n) is 8.63. The average molecular weight is 369 g/mol. The number of aromatic nitrogens is 2. The predicted octanol–water partition coefficient (Wildman–Crippen LogP) is 3.18. The SMILES string of the molecule is COc1cccc(CCNC(=O)CCc2nc(-c3ccccc3F)no2)c1. The smallest absolute Gasteiger partial charge is 0.227 e. The first-order chi connectivity index (χ1) is 13.2. The molecule has 3 aromatic rings. The van der Waals surface area contributed by atoms with Gasteiger partial charge in [-0.3, -0.25) is 4.79 Å². The van der Waals surface area contributed by atoms with Crippen LogP contribution in [0.2, 0.25) is 0 Å². The summed E-state index contributed by atoms with van der Waals surface area (Å²) in [6.07, 6.45) is 1.23. The maximum atomic E-state index is 13.7. The van der Waals surface area contributed by atoms with Crippen LogP contribution in [0.5, 0.6) is 5.75 Å². The lowest BCUT2D eigenvalue weighted by molar-refractivity contribution is -0.121. The molecule has 1 heterocycles. The fourth-order valence-corrected chi connectivity index (χ4v) is 2.59. The number of ether oxygens (including phenoxy) is 1. The van der Waals surface area contributed by atoms with Gasteiger partial charge in [-0.2, -0.15) is 4.98 Å². The molecule has 0 bridgehead atoms. The Labute approximate surface area is 156 Å². The van der Waals surface area contributed by atoms with Crippen molar-refractivity contribution in [2.45, 2.75) is 19.3 Å². The summed E-state index contributed by atoms with van der Waals surface area (Å²) >= 11 is 0. The van der Waals surface area contributed by atoms with Crippen LogP contribution in [0.1, 0.15) is 17.9 Å². The molecule has 2 aromatic carbocycles. The van der Waals surface area contributed by atoms with E-state index in [4.69, 9.17) is 9.26 Å². The van der Waals surface area contributed by atoms with Crippen molar-refractivity contribution < 1.29 is 18.4 Å². The van der Waals surface area contributed by atoms with E-state index in [-0.39, 0.29) is 23.7 Å². The van der Waals surface area contributed by atoms with E-state index in [0.29, 0.717) is 25.3 Å². The zero-order valence-electron chi connectivity index (χ0n) is 14.9. The molecule has 0 aliphatic carbocycles. The number of hydrogen-bond donors (Lipinski definition) is 1. The molecule has 0 fully saturated rings. The van der Waals surface area contributed by atoms with Crippen LogP contribution in [0.15, 0.2) is 53.1 Å². The number of carbonyl (C=O) groups excluding carboxylic acids is 1. The molecule has 27 heavy (non-hydrogen) atoms. The number of methoxy groups -OCH3 is 1. The molecule has 0 saturated carbocycles. The second kappa shape index (κ2) is 8.93. The average Bonchev–Trinajstić information content (AvgIpc) is 3.16. The fourth-order valence-electron chi connectivity index (χ4n) is 2.59. The van der Waals surface area contributed by atoms with Crippen LogP contribution in [0, 0.1) is 5.82 Å². The summed E-state index contributed by atoms with van der Waals surface area (Å²) in [5.74, 6) is 0.752. The van der Waals surface area contributed by atoms with Crippen molar-refractivity contribution in [1.82, 2.24) is 15.5 Å². The van der Waals surface area contributed by atoms with E-state index in [2.05, 4.69) is 15.5 Å². The van der Waals surface area contributed by atoms with E-state index >= 15 is 0 Å². The Kier molecular flexibility index (Phi) is 6.14. The van der Waals surface area contributed by atoms with E-state index in [0.717, 1.165) is 11.3 Å². The van der Waals surface area contributed by atoms with Crippen LogP contribution in [-0.2, 0) is 17.6 Å². The number of nitrogens with zero attached hydrogens (tertiary/aromatic N) is 2. The van der Waals surface area contributed by atoms with E-state index in [1.807, 2.05) is 24.3 Å². The summed E-state index contributed by atoms with van der Waals surface area (Å²) in [6, 6.07) is 13.9. The Balaban J connectivity index is 1.45. The largest absolute Gasteiger partial charge is 0.497 e. The molecule has 0 aliphatic heterocycles. The minimum Gasteiger partial charge on any atom is -0.497 e. The zero-order chi connectivity index (χ0) is 19.1. The van der Waals surface area contributed by atoms with Crippen molar-refractivity contribution in [2.75, 3.05) is 13.7 Å². The van der Waals surface area contributed by atoms with Crippen LogP contribution in [0.3, 0.4) is 0 Å². The Morgan fingerprint density at radius 1 is 1.19 bits per heavy atom. The molecule has 140 valence electrons. The molecule has 1 N–H and O–H groups in total. The van der Waals surface area contributed by atoms with E-state index < -0.39 is 5.82 Å². The lowest BCUT2D eigenvalue weighted by atomic mass is 10.1. The molecular formula is C20H20FN3O3. The molecule has 0 spiro atoms. The summed E-state index contributed by atoms with van der Waals surface area (Å²) in [7, 11) is 1.62. The van der Waals surface area contributed by atoms with Gasteiger partial charge in [0.15, 0.2) is 0 Å². The van der Waals surface area contributed by atoms with Crippen LogP contribution in [0.4, 0.5) is 4.39 Å². The number of benzene rings is 2. The molecule has 1 aromatic heterocycles. The van der Waals surface area contributed by atoms with Crippen LogP contribution in [0.25, 0.3) is 11.4 Å². The van der Waals surface area contributed by atoms with E-state index in [1.54, 1.807) is 25.3 Å². The molecule has 1 amide bonds. The maximum absolute atomic E-state index is 13.7. The van der Waals surface area contributed by atoms with E-state index in [1.165, 1.54) is 6.07 Å². The third-order valence-corrected chi connectivity index (χ3v) is 4.02. The Bertz CT molecular complexity index is 911. The third-order valence-electron chi connectivity index (χ3n) is 4.02. The Morgan fingerprint density at radius 3 is 2.85 bits per heavy atom. The number of halogens is 1. The number of aryl methyl sites for hydroxylation is 1. The minimum atomic E-state index is -0.417. The highest BCUT2D eigenvalue weighted by atomic mass is 19.1. The molecule has 6 nitrogen and oxygen atoms in total. The van der Waals surface area contributed by atoms with Gasteiger partial charge in [0.25, 0.3) is 0 Å². The topological polar surface area (TPSA) is 77.2 Å². The van der Waals surface area contributed by atoms with Crippen LogP contribution >= 0.6 is 0 Å². The quantitative estimate of drug-likeness (QED) is 0.660. The van der Waals surface area contributed by atoms with Gasteiger partial charge in [-0.05, 0) is 36.2 Å². The van der Waals surface area contributed by atoms with Gasteiger partial charge in [0, 0.05) is 19.4 Å². The van der Waals surface area contributed by atoms with Crippen molar-refractivity contribution in [3.8, 4) is 17.1 Å². The van der Waals surface area contributed by atoms with Gasteiger partial charge >= 0.3 is 0 Å². The molecule has 3 rings (SSSR count). The molecular weight excluding hydrogens is 349 g/mol. The van der Waals surface area contributed by atoms with Crippen molar-refractivity contribution in [1.29, 1.82) is 0 Å². The van der Waals surface area contributed by atoms with Gasteiger partial charge in [0.05, 0.1) is 12.7 Å². The number of hydrogen-bond acceptors (Lipinski definition) is 5. The number of carbonyl (C=O) groups is 1. The summed E-state index contributed by atoms with van der Waals surface area (Å²) in [4.78, 5) is 16.1. The van der Waals surface area contributed by atoms with Crippen LogP contribution in [-0.4, -0.2) is 29.7 Å². The van der Waals surface area contributed by atoms with Crippen molar-refractivity contribution in [3.05, 3.63) is 65.8 Å². The normalized spacial score (nSPS) is 10.6. The van der Waals surface area contributed by atoms with Gasteiger partial charge in [-0.1, -0.05) is 29.4 Å². The van der Waals surface area contributed by atoms with Gasteiger partial charge in [0.1, 0.15) is 11.6 Å². The highest BCUT2D eigenvalue weighted by molar-refractivity contribution is 5.76. The predicted molar refractivity (Wildman–Crippen MR) is 97.7 cm³/mol. The molecule has 0 unspecified atom stereocenters. The second-order valence-electron chi connectivity index (χ2n) is 5.94. The first-order valence-corrected chi connectivity index (χ1v) is 8.63. The Hall–Kier alpha value is -3.22. The minimum absolute atomic E-state index is 0.108. The maximum Gasteiger partial charge on any atom is 0.227 e. The van der Waals surface area contributed by atoms with Gasteiger partial charge < -0.3 is 14.6 Å². The number of amides is 1. The highest BCUT2D eigenvalue weighted by Crippen LogP contribution is 2.19. The molecule has 7 heteroatoms. The first kappa shape index (κ1) is 18.6. The lowest BCUT2D eigenvalue weighted by Gasteiger charge is -2.06. The van der Waals surface area contributed by atoms with Gasteiger partial charge in [-0.25, -0.2) is 4.39 Å². The molecule has 0 saturated heterocycles.